The van der Waals surface area contributed by atoms with E-state index in [1.807, 2.05) is 26.0 Å². The van der Waals surface area contributed by atoms with Crippen LogP contribution in [0.4, 0.5) is 0 Å². The van der Waals surface area contributed by atoms with E-state index in [-0.39, 0.29) is 12.0 Å². The van der Waals surface area contributed by atoms with Crippen LogP contribution in [-0.2, 0) is 0 Å². The van der Waals surface area contributed by atoms with Crippen LogP contribution in [0.1, 0.15) is 29.8 Å². The molecule has 0 heterocycles. The largest absolute Gasteiger partial charge is 0.493 e. The number of benzene rings is 2. The summed E-state index contributed by atoms with van der Waals surface area (Å²) >= 11 is 3.37. The number of hydrazone groups is 1. The van der Waals surface area contributed by atoms with Crippen molar-refractivity contribution in [3.8, 4) is 17.2 Å². The summed E-state index contributed by atoms with van der Waals surface area (Å²) in [4.78, 5) is 12.4. The minimum atomic E-state index is -0.362. The highest BCUT2D eigenvalue weighted by molar-refractivity contribution is 9.10. The number of carbonyl (C=O) groups excluding carboxylic acids is 1. The zero-order chi connectivity index (χ0) is 19.1. The van der Waals surface area contributed by atoms with E-state index in [1.54, 1.807) is 38.5 Å². The maximum absolute atomic E-state index is 12.4. The molecule has 0 atom stereocenters. The number of carbonyl (C=O) groups is 1. The van der Waals surface area contributed by atoms with Gasteiger partial charge in [-0.3, -0.25) is 4.79 Å². The highest BCUT2D eigenvalue weighted by Gasteiger charge is 2.14. The zero-order valence-electron chi connectivity index (χ0n) is 15.1. The molecule has 0 aliphatic heterocycles. The van der Waals surface area contributed by atoms with Crippen molar-refractivity contribution >= 4 is 28.1 Å². The lowest BCUT2D eigenvalue weighted by Crippen LogP contribution is -2.20. The van der Waals surface area contributed by atoms with Crippen molar-refractivity contribution in [1.29, 1.82) is 0 Å². The molecule has 7 heteroatoms. The first kappa shape index (κ1) is 19.8. The first-order valence-electron chi connectivity index (χ1n) is 7.96. The van der Waals surface area contributed by atoms with Crippen molar-refractivity contribution in [2.24, 2.45) is 5.10 Å². The summed E-state index contributed by atoms with van der Waals surface area (Å²) in [6.45, 7) is 3.80. The molecule has 0 aliphatic carbocycles. The number of amides is 1. The van der Waals surface area contributed by atoms with Gasteiger partial charge in [0.1, 0.15) is 5.75 Å². The van der Waals surface area contributed by atoms with Crippen molar-refractivity contribution in [2.45, 2.75) is 20.0 Å². The molecule has 1 amide bonds. The van der Waals surface area contributed by atoms with Crippen LogP contribution in [0.2, 0.25) is 0 Å². The first-order chi connectivity index (χ1) is 12.4. The average Bonchev–Trinajstić information content (AvgIpc) is 2.62. The number of hydrogen-bond donors (Lipinski definition) is 1. The van der Waals surface area contributed by atoms with E-state index in [2.05, 4.69) is 26.5 Å². The normalized spacial score (nSPS) is 10.8. The quantitative estimate of drug-likeness (QED) is 0.542. The topological polar surface area (TPSA) is 69.2 Å². The Hall–Kier alpha value is -2.54. The number of rotatable bonds is 7. The lowest BCUT2D eigenvalue weighted by atomic mass is 10.2. The summed E-state index contributed by atoms with van der Waals surface area (Å²) in [5.41, 5.74) is 3.67. The number of ether oxygens (including phenoxy) is 3. The van der Waals surface area contributed by atoms with Crippen LogP contribution in [0.15, 0.2) is 46.0 Å². The van der Waals surface area contributed by atoms with Gasteiger partial charge in [-0.25, -0.2) is 5.43 Å². The zero-order valence-corrected chi connectivity index (χ0v) is 16.7. The lowest BCUT2D eigenvalue weighted by Gasteiger charge is -2.13. The predicted molar refractivity (Wildman–Crippen MR) is 105 cm³/mol. The average molecular weight is 421 g/mol. The van der Waals surface area contributed by atoms with Gasteiger partial charge in [0.05, 0.1) is 32.1 Å². The molecule has 0 saturated heterocycles. The van der Waals surface area contributed by atoms with Crippen LogP contribution in [0.5, 0.6) is 17.2 Å². The van der Waals surface area contributed by atoms with E-state index in [0.29, 0.717) is 22.8 Å². The van der Waals surface area contributed by atoms with Gasteiger partial charge in [0.25, 0.3) is 5.91 Å². The SMILES string of the molecule is COc1ccc(/C=N\NC(=O)c2cc(Br)ccc2OC(C)C)cc1OC. The van der Waals surface area contributed by atoms with Crippen LogP contribution in [-0.4, -0.2) is 32.4 Å². The minimum Gasteiger partial charge on any atom is -0.493 e. The number of methoxy groups -OCH3 is 2. The van der Waals surface area contributed by atoms with Crippen LogP contribution in [0.25, 0.3) is 0 Å². The van der Waals surface area contributed by atoms with Gasteiger partial charge in [0.2, 0.25) is 0 Å². The predicted octanol–water partition coefficient (Wildman–Crippen LogP) is 4.02. The maximum atomic E-state index is 12.4. The molecule has 0 radical (unpaired) electrons. The van der Waals surface area contributed by atoms with E-state index in [4.69, 9.17) is 14.2 Å². The van der Waals surface area contributed by atoms with E-state index in [0.717, 1.165) is 10.0 Å². The molecule has 2 rings (SSSR count). The summed E-state index contributed by atoms with van der Waals surface area (Å²) in [7, 11) is 3.13. The molecule has 0 unspecified atom stereocenters. The minimum absolute atomic E-state index is 0.0435. The Morgan fingerprint density at radius 1 is 1.08 bits per heavy atom. The number of hydrogen-bond acceptors (Lipinski definition) is 5. The first-order valence-corrected chi connectivity index (χ1v) is 8.75. The van der Waals surface area contributed by atoms with E-state index in [1.165, 1.54) is 6.21 Å². The van der Waals surface area contributed by atoms with Gasteiger partial charge >= 0.3 is 0 Å². The number of halogens is 1. The van der Waals surface area contributed by atoms with Crippen molar-refractivity contribution in [3.63, 3.8) is 0 Å². The van der Waals surface area contributed by atoms with Gasteiger partial charge in [-0.1, -0.05) is 15.9 Å². The molecule has 2 aromatic carbocycles. The number of nitrogens with zero attached hydrogens (tertiary/aromatic N) is 1. The third kappa shape index (κ3) is 5.23. The Balaban J connectivity index is 2.13. The summed E-state index contributed by atoms with van der Waals surface area (Å²) < 4.78 is 16.9. The smallest absolute Gasteiger partial charge is 0.275 e. The molecule has 2 aromatic rings. The molecule has 26 heavy (non-hydrogen) atoms. The maximum Gasteiger partial charge on any atom is 0.275 e. The molecule has 0 aromatic heterocycles. The molecule has 0 saturated carbocycles. The highest BCUT2D eigenvalue weighted by atomic mass is 79.9. The van der Waals surface area contributed by atoms with Crippen molar-refractivity contribution < 1.29 is 19.0 Å². The van der Waals surface area contributed by atoms with Gasteiger partial charge < -0.3 is 14.2 Å². The van der Waals surface area contributed by atoms with E-state index >= 15 is 0 Å². The van der Waals surface area contributed by atoms with Crippen LogP contribution in [0, 0.1) is 0 Å². The van der Waals surface area contributed by atoms with E-state index in [9.17, 15) is 4.79 Å². The molecular weight excluding hydrogens is 400 g/mol. The molecule has 0 aliphatic rings. The molecule has 6 nitrogen and oxygen atoms in total. The summed E-state index contributed by atoms with van der Waals surface area (Å²) in [5.74, 6) is 1.35. The van der Waals surface area contributed by atoms with Crippen LogP contribution >= 0.6 is 15.9 Å². The Bertz CT molecular complexity index is 806. The fourth-order valence-corrected chi connectivity index (χ4v) is 2.56. The highest BCUT2D eigenvalue weighted by Crippen LogP contribution is 2.27. The Labute approximate surface area is 161 Å². The van der Waals surface area contributed by atoms with E-state index < -0.39 is 0 Å². The Morgan fingerprint density at radius 2 is 1.77 bits per heavy atom. The molecule has 0 fully saturated rings. The van der Waals surface area contributed by atoms with Gasteiger partial charge in [-0.2, -0.15) is 5.10 Å². The fourth-order valence-electron chi connectivity index (χ4n) is 2.20. The van der Waals surface area contributed by atoms with Gasteiger partial charge in [0, 0.05) is 4.47 Å². The van der Waals surface area contributed by atoms with Crippen molar-refractivity contribution in [2.75, 3.05) is 14.2 Å². The fraction of sp³-hybridized carbons (Fsp3) is 0.263. The summed E-state index contributed by atoms with van der Waals surface area (Å²) in [6.07, 6.45) is 1.49. The Morgan fingerprint density at radius 3 is 2.42 bits per heavy atom. The monoisotopic (exact) mass is 420 g/mol. The van der Waals surface area contributed by atoms with Crippen molar-refractivity contribution in [3.05, 3.63) is 52.0 Å². The summed E-state index contributed by atoms with van der Waals surface area (Å²) in [5, 5.41) is 4.01. The second kappa shape index (κ2) is 9.24. The molecule has 138 valence electrons. The molecule has 0 bridgehead atoms. The third-order valence-corrected chi connectivity index (χ3v) is 3.83. The molecule has 0 spiro atoms. The second-order valence-corrected chi connectivity index (χ2v) is 6.54. The van der Waals surface area contributed by atoms with Crippen LogP contribution in [0.3, 0.4) is 0 Å². The molecular formula is C19H21BrN2O4. The summed E-state index contributed by atoms with van der Waals surface area (Å²) in [6, 6.07) is 10.6. The lowest BCUT2D eigenvalue weighted by molar-refractivity contribution is 0.0949. The third-order valence-electron chi connectivity index (χ3n) is 3.34. The van der Waals surface area contributed by atoms with Crippen LogP contribution < -0.4 is 19.6 Å². The van der Waals surface area contributed by atoms with Crippen molar-refractivity contribution in [1.82, 2.24) is 5.43 Å². The standard InChI is InChI=1S/C19H21BrN2O4/c1-12(2)26-16-8-6-14(20)10-15(16)19(23)22-21-11-13-5-7-17(24-3)18(9-13)25-4/h5-12H,1-4H3,(H,22,23)/b21-11-. The van der Waals surface area contributed by atoms with Gasteiger partial charge in [-0.15, -0.1) is 0 Å². The second-order valence-electron chi connectivity index (χ2n) is 5.62. The molecule has 1 N–H and O–H groups in total. The van der Waals surface area contributed by atoms with Gasteiger partial charge in [-0.05, 0) is 55.8 Å². The number of nitrogens with one attached hydrogen (secondary N) is 1. The van der Waals surface area contributed by atoms with Gasteiger partial charge in [0.15, 0.2) is 11.5 Å². The Kier molecular flexibility index (Phi) is 7.03.